The van der Waals surface area contributed by atoms with E-state index in [9.17, 15) is 22.0 Å². The highest BCUT2D eigenvalue weighted by Crippen LogP contribution is 2.51. The minimum absolute atomic E-state index is 0.0354. The Bertz CT molecular complexity index is 435. The van der Waals surface area contributed by atoms with Gasteiger partial charge in [0, 0.05) is 10.6 Å². The smallest absolute Gasteiger partial charge is 0.454 e. The summed E-state index contributed by atoms with van der Waals surface area (Å²) in [4.78, 5) is -2.28. The molecule has 8 heteroatoms. The van der Waals surface area contributed by atoms with Gasteiger partial charge in [-0.1, -0.05) is 27.5 Å². The number of methoxy groups -OCH3 is 1. The van der Waals surface area contributed by atoms with Gasteiger partial charge in [0.2, 0.25) is 0 Å². The predicted molar refractivity (Wildman–Crippen MR) is 60.7 cm³/mol. The quantitative estimate of drug-likeness (QED) is 0.550. The van der Waals surface area contributed by atoms with Crippen molar-refractivity contribution in [1.29, 1.82) is 0 Å². The Hall–Kier alpha value is -0.560. The molecule has 1 aromatic carbocycles. The molecule has 0 N–H and O–H groups in total. The average Bonchev–Trinajstić information content (AvgIpc) is 2.26. The highest BCUT2D eigenvalue weighted by Gasteiger charge is 2.62. The second-order valence-electron chi connectivity index (χ2n) is 3.37. The van der Waals surface area contributed by atoms with Crippen LogP contribution in [0.5, 0.6) is 5.75 Å². The van der Waals surface area contributed by atoms with Crippen LogP contribution in [0.15, 0.2) is 18.2 Å². The summed E-state index contributed by atoms with van der Waals surface area (Å²) in [5, 5.41) is 0.0354. The van der Waals surface area contributed by atoms with Gasteiger partial charge in [-0.15, -0.1) is 0 Å². The summed E-state index contributed by atoms with van der Waals surface area (Å²) < 4.78 is 67.9. The van der Waals surface area contributed by atoms with Crippen molar-refractivity contribution in [1.82, 2.24) is 0 Å². The predicted octanol–water partition coefficient (Wildman–Crippen LogP) is 4.98. The van der Waals surface area contributed by atoms with Gasteiger partial charge in [-0.3, -0.25) is 0 Å². The maximum atomic E-state index is 13.2. The van der Waals surface area contributed by atoms with E-state index in [-0.39, 0.29) is 16.3 Å². The van der Waals surface area contributed by atoms with Gasteiger partial charge in [-0.25, -0.2) is 0 Å². The van der Waals surface area contributed by atoms with Crippen molar-refractivity contribution in [3.63, 3.8) is 0 Å². The fraction of sp³-hybridized carbons (Fsp3) is 0.400. The van der Waals surface area contributed by atoms with Gasteiger partial charge in [0.1, 0.15) is 10.6 Å². The van der Waals surface area contributed by atoms with Crippen LogP contribution >= 0.6 is 27.5 Å². The van der Waals surface area contributed by atoms with Crippen LogP contribution in [0, 0.1) is 0 Å². The minimum Gasteiger partial charge on any atom is -0.496 e. The maximum Gasteiger partial charge on any atom is 0.454 e. The fourth-order valence-electron chi connectivity index (χ4n) is 1.24. The van der Waals surface area contributed by atoms with E-state index >= 15 is 0 Å². The summed E-state index contributed by atoms with van der Waals surface area (Å²) in [6.07, 6.45) is -5.67. The van der Waals surface area contributed by atoms with Crippen LogP contribution in [0.3, 0.4) is 0 Å². The molecule has 0 aliphatic carbocycles. The topological polar surface area (TPSA) is 9.23 Å². The molecule has 0 radical (unpaired) electrons. The molecule has 0 spiro atoms. The third-order valence-corrected chi connectivity index (χ3v) is 3.46. The Kier molecular flexibility index (Phi) is 4.48. The lowest BCUT2D eigenvalue weighted by molar-refractivity contribution is -0.281. The van der Waals surface area contributed by atoms with Crippen LogP contribution in [-0.2, 0) is 0 Å². The SMILES string of the molecule is COc1ccc(Cl)cc1C(Br)C(F)(F)C(F)(F)F. The number of ether oxygens (including phenoxy) is 1. The molecule has 1 aromatic rings. The molecule has 0 aliphatic rings. The Labute approximate surface area is 113 Å². The van der Waals surface area contributed by atoms with Gasteiger partial charge in [-0.2, -0.15) is 22.0 Å². The molecular formula is C10H7BrClF5O. The number of hydrogen-bond acceptors (Lipinski definition) is 1. The van der Waals surface area contributed by atoms with Crippen molar-refractivity contribution in [3.05, 3.63) is 28.8 Å². The van der Waals surface area contributed by atoms with Crippen molar-refractivity contribution >= 4 is 27.5 Å². The first-order valence-electron chi connectivity index (χ1n) is 4.53. The monoisotopic (exact) mass is 352 g/mol. The fourth-order valence-corrected chi connectivity index (χ4v) is 2.04. The first-order chi connectivity index (χ1) is 8.11. The molecule has 0 heterocycles. The zero-order chi connectivity index (χ0) is 14.1. The first kappa shape index (κ1) is 15.5. The van der Waals surface area contributed by atoms with Crippen LogP contribution in [0.4, 0.5) is 22.0 Å². The molecule has 0 saturated carbocycles. The number of rotatable bonds is 3. The summed E-state index contributed by atoms with van der Waals surface area (Å²) in [6.45, 7) is 0. The standard InChI is InChI=1S/C10H7BrClF5O/c1-18-7-3-2-5(12)4-6(7)8(11)9(13,14)10(15,16)17/h2-4,8H,1H3. The van der Waals surface area contributed by atoms with Crippen molar-refractivity contribution in [2.45, 2.75) is 16.9 Å². The molecule has 0 aliphatic heterocycles. The van der Waals surface area contributed by atoms with Crippen LogP contribution in [0.1, 0.15) is 10.4 Å². The second-order valence-corrected chi connectivity index (χ2v) is 4.72. The molecule has 1 nitrogen and oxygen atoms in total. The van der Waals surface area contributed by atoms with Crippen molar-refractivity contribution < 1.29 is 26.7 Å². The van der Waals surface area contributed by atoms with Gasteiger partial charge in [0.05, 0.1) is 7.11 Å². The molecule has 18 heavy (non-hydrogen) atoms. The van der Waals surface area contributed by atoms with Crippen LogP contribution in [0.25, 0.3) is 0 Å². The Morgan fingerprint density at radius 3 is 2.22 bits per heavy atom. The number of halogens is 7. The molecular weight excluding hydrogens is 346 g/mol. The van der Waals surface area contributed by atoms with Gasteiger partial charge >= 0.3 is 12.1 Å². The summed E-state index contributed by atoms with van der Waals surface area (Å²) in [5.74, 6) is -5.05. The third kappa shape index (κ3) is 2.88. The molecule has 1 unspecified atom stereocenters. The van der Waals surface area contributed by atoms with Crippen molar-refractivity contribution in [2.75, 3.05) is 7.11 Å². The molecule has 0 bridgehead atoms. The van der Waals surface area contributed by atoms with E-state index in [0.717, 1.165) is 13.2 Å². The molecule has 0 aromatic heterocycles. The second kappa shape index (κ2) is 5.21. The molecule has 0 amide bonds. The lowest BCUT2D eigenvalue weighted by atomic mass is 10.1. The lowest BCUT2D eigenvalue weighted by Crippen LogP contribution is -2.40. The molecule has 0 saturated heterocycles. The number of benzene rings is 1. The Morgan fingerprint density at radius 1 is 1.22 bits per heavy atom. The van der Waals surface area contributed by atoms with Crippen LogP contribution in [-0.4, -0.2) is 19.2 Å². The zero-order valence-corrected chi connectivity index (χ0v) is 11.2. The van der Waals surface area contributed by atoms with E-state index in [2.05, 4.69) is 15.9 Å². The Balaban J connectivity index is 3.26. The van der Waals surface area contributed by atoms with Gasteiger partial charge in [-0.05, 0) is 18.2 Å². The average molecular weight is 354 g/mol. The van der Waals surface area contributed by atoms with Gasteiger partial charge < -0.3 is 4.74 Å². The van der Waals surface area contributed by atoms with Gasteiger partial charge in [0.25, 0.3) is 0 Å². The molecule has 1 atom stereocenters. The highest BCUT2D eigenvalue weighted by atomic mass is 79.9. The van der Waals surface area contributed by atoms with E-state index in [1.165, 1.54) is 12.1 Å². The summed E-state index contributed by atoms with van der Waals surface area (Å²) in [5.41, 5.74) is -0.368. The van der Waals surface area contributed by atoms with E-state index in [1.54, 1.807) is 0 Å². The molecule has 1 rings (SSSR count). The third-order valence-electron chi connectivity index (χ3n) is 2.16. The van der Waals surface area contributed by atoms with E-state index in [4.69, 9.17) is 16.3 Å². The lowest BCUT2D eigenvalue weighted by Gasteiger charge is -2.26. The summed E-state index contributed by atoms with van der Waals surface area (Å²) in [6, 6.07) is 3.55. The minimum atomic E-state index is -5.67. The zero-order valence-electron chi connectivity index (χ0n) is 8.86. The molecule has 102 valence electrons. The van der Waals surface area contributed by atoms with E-state index in [0.29, 0.717) is 0 Å². The largest absolute Gasteiger partial charge is 0.496 e. The Morgan fingerprint density at radius 2 is 1.78 bits per heavy atom. The normalized spacial score (nSPS) is 14.4. The number of hydrogen-bond donors (Lipinski definition) is 0. The first-order valence-corrected chi connectivity index (χ1v) is 5.82. The van der Waals surface area contributed by atoms with E-state index in [1.807, 2.05) is 0 Å². The maximum absolute atomic E-state index is 13.2. The van der Waals surface area contributed by atoms with Crippen molar-refractivity contribution in [3.8, 4) is 5.75 Å². The van der Waals surface area contributed by atoms with E-state index < -0.39 is 16.9 Å². The van der Waals surface area contributed by atoms with Gasteiger partial charge in [0.15, 0.2) is 0 Å². The summed E-state index contributed by atoms with van der Waals surface area (Å²) in [7, 11) is 1.16. The van der Waals surface area contributed by atoms with Crippen molar-refractivity contribution in [2.24, 2.45) is 0 Å². The highest BCUT2D eigenvalue weighted by molar-refractivity contribution is 9.09. The van der Waals surface area contributed by atoms with Crippen LogP contribution < -0.4 is 4.74 Å². The molecule has 0 fully saturated rings. The summed E-state index contributed by atoms with van der Waals surface area (Å²) >= 11 is 7.94. The van der Waals surface area contributed by atoms with Crippen LogP contribution in [0.2, 0.25) is 5.02 Å². The number of alkyl halides is 6.